The van der Waals surface area contributed by atoms with Gasteiger partial charge in [-0.15, -0.1) is 0 Å². The summed E-state index contributed by atoms with van der Waals surface area (Å²) in [6, 6.07) is 7.51. The van der Waals surface area contributed by atoms with Crippen molar-refractivity contribution in [3.63, 3.8) is 0 Å². The van der Waals surface area contributed by atoms with Gasteiger partial charge in [-0.25, -0.2) is 14.4 Å². The van der Waals surface area contributed by atoms with Gasteiger partial charge < -0.3 is 14.8 Å². The summed E-state index contributed by atoms with van der Waals surface area (Å²) >= 11 is 0. The summed E-state index contributed by atoms with van der Waals surface area (Å²) in [7, 11) is 0. The van der Waals surface area contributed by atoms with E-state index in [1.54, 1.807) is 12.1 Å². The number of carbonyl (C=O) groups is 1. The number of ether oxygens (including phenoxy) is 2. The van der Waals surface area contributed by atoms with Crippen LogP contribution < -0.4 is 14.8 Å². The first-order chi connectivity index (χ1) is 12.7. The smallest absolute Gasteiger partial charge is 0.316 e. The van der Waals surface area contributed by atoms with Crippen LogP contribution in [0.1, 0.15) is 43.0 Å². The quantitative estimate of drug-likeness (QED) is 0.858. The van der Waals surface area contributed by atoms with E-state index in [1.807, 2.05) is 19.1 Å². The van der Waals surface area contributed by atoms with Gasteiger partial charge in [0.1, 0.15) is 11.9 Å². The summed E-state index contributed by atoms with van der Waals surface area (Å²) < 4.78 is 24.0. The van der Waals surface area contributed by atoms with Crippen LogP contribution in [0, 0.1) is 5.82 Å². The summed E-state index contributed by atoms with van der Waals surface area (Å²) in [6.07, 6.45) is 5.30. The van der Waals surface area contributed by atoms with Crippen LogP contribution in [0.5, 0.6) is 11.8 Å². The van der Waals surface area contributed by atoms with Crippen LogP contribution in [0.4, 0.5) is 4.39 Å². The first-order valence-corrected chi connectivity index (χ1v) is 8.82. The predicted octanol–water partition coefficient (Wildman–Crippen LogP) is 3.13. The van der Waals surface area contributed by atoms with Crippen LogP contribution in [0.15, 0.2) is 36.7 Å². The summed E-state index contributed by atoms with van der Waals surface area (Å²) in [5.74, 6) is -0.0191. The van der Waals surface area contributed by atoms with Gasteiger partial charge in [-0.3, -0.25) is 4.79 Å². The van der Waals surface area contributed by atoms with Crippen molar-refractivity contribution in [1.29, 1.82) is 0 Å². The van der Waals surface area contributed by atoms with Gasteiger partial charge in [-0.05, 0) is 44.7 Å². The normalized spacial score (nSPS) is 19.6. The highest BCUT2D eigenvalue weighted by atomic mass is 19.1. The second-order valence-electron chi connectivity index (χ2n) is 6.18. The summed E-state index contributed by atoms with van der Waals surface area (Å²) in [5.41, 5.74) is 0.549. The predicted molar refractivity (Wildman–Crippen MR) is 93.7 cm³/mol. The zero-order valence-electron chi connectivity index (χ0n) is 14.7. The summed E-state index contributed by atoms with van der Waals surface area (Å²) in [6.45, 7) is 2.40. The fourth-order valence-corrected chi connectivity index (χ4v) is 3.03. The molecule has 0 saturated heterocycles. The van der Waals surface area contributed by atoms with Crippen molar-refractivity contribution in [1.82, 2.24) is 15.3 Å². The molecule has 0 spiro atoms. The average Bonchev–Trinajstić information content (AvgIpc) is 2.66. The summed E-state index contributed by atoms with van der Waals surface area (Å²) in [5, 5.41) is 3.07. The minimum absolute atomic E-state index is 0.0238. The SMILES string of the molecule is CCOc1ccccc1C(=O)NC1CCC(Oc2ncc(F)cn2)CC1. The molecule has 0 bridgehead atoms. The number of rotatable bonds is 6. The molecular formula is C19H22FN3O3. The molecule has 3 rings (SSSR count). The van der Waals surface area contributed by atoms with E-state index >= 15 is 0 Å². The Balaban J connectivity index is 1.51. The number of hydrogen-bond donors (Lipinski definition) is 1. The Kier molecular flexibility index (Phi) is 5.99. The van der Waals surface area contributed by atoms with Crippen molar-refractivity contribution >= 4 is 5.91 Å². The second kappa shape index (κ2) is 8.60. The van der Waals surface area contributed by atoms with Gasteiger partial charge in [-0.2, -0.15) is 0 Å². The van der Waals surface area contributed by atoms with Crippen molar-refractivity contribution in [2.24, 2.45) is 0 Å². The van der Waals surface area contributed by atoms with Crippen molar-refractivity contribution < 1.29 is 18.7 Å². The Morgan fingerprint density at radius 2 is 1.88 bits per heavy atom. The van der Waals surface area contributed by atoms with E-state index in [-0.39, 0.29) is 24.1 Å². The first-order valence-electron chi connectivity index (χ1n) is 8.82. The molecule has 1 aromatic heterocycles. The maximum absolute atomic E-state index is 12.8. The molecule has 1 aromatic carbocycles. The van der Waals surface area contributed by atoms with Crippen molar-refractivity contribution in [2.45, 2.75) is 44.8 Å². The Morgan fingerprint density at radius 1 is 1.19 bits per heavy atom. The largest absolute Gasteiger partial charge is 0.493 e. The average molecular weight is 359 g/mol. The van der Waals surface area contributed by atoms with E-state index in [1.165, 1.54) is 0 Å². The molecule has 2 aromatic rings. The van der Waals surface area contributed by atoms with E-state index in [9.17, 15) is 9.18 Å². The van der Waals surface area contributed by atoms with Crippen LogP contribution in [0.2, 0.25) is 0 Å². The fraction of sp³-hybridized carbons (Fsp3) is 0.421. The number of para-hydroxylation sites is 1. The number of hydrogen-bond acceptors (Lipinski definition) is 5. The third-order valence-corrected chi connectivity index (χ3v) is 4.31. The highest BCUT2D eigenvalue weighted by Gasteiger charge is 2.25. The lowest BCUT2D eigenvalue weighted by Crippen LogP contribution is -2.40. The first kappa shape index (κ1) is 18.1. The lowest BCUT2D eigenvalue weighted by molar-refractivity contribution is 0.0881. The van der Waals surface area contributed by atoms with Crippen LogP contribution in [-0.4, -0.2) is 34.6 Å². The molecule has 0 aliphatic heterocycles. The Hall–Kier alpha value is -2.70. The second-order valence-corrected chi connectivity index (χ2v) is 6.18. The number of nitrogens with zero attached hydrogens (tertiary/aromatic N) is 2. The van der Waals surface area contributed by atoms with Gasteiger partial charge in [0, 0.05) is 6.04 Å². The number of aromatic nitrogens is 2. The number of carbonyl (C=O) groups excluding carboxylic acids is 1. The standard InChI is InChI=1S/C19H22FN3O3/c1-2-25-17-6-4-3-5-16(17)18(24)23-14-7-9-15(10-8-14)26-19-21-11-13(20)12-22-19/h3-6,11-12,14-15H,2,7-10H2,1H3,(H,23,24). The van der Waals surface area contributed by atoms with Crippen molar-refractivity contribution in [2.75, 3.05) is 6.61 Å². The van der Waals surface area contributed by atoms with Crippen LogP contribution in [0.25, 0.3) is 0 Å². The Labute approximate surface area is 151 Å². The molecule has 1 amide bonds. The molecule has 0 radical (unpaired) electrons. The van der Waals surface area contributed by atoms with E-state index in [0.29, 0.717) is 17.9 Å². The van der Waals surface area contributed by atoms with Gasteiger partial charge in [-0.1, -0.05) is 12.1 Å². The summed E-state index contributed by atoms with van der Waals surface area (Å²) in [4.78, 5) is 20.2. The molecule has 0 unspecified atom stereocenters. The van der Waals surface area contributed by atoms with Crippen molar-refractivity contribution in [3.05, 3.63) is 48.0 Å². The molecule has 6 nitrogen and oxygen atoms in total. The molecule has 1 fully saturated rings. The topological polar surface area (TPSA) is 73.3 Å². The minimum Gasteiger partial charge on any atom is -0.493 e. The van der Waals surface area contributed by atoms with Gasteiger partial charge >= 0.3 is 6.01 Å². The molecule has 1 aliphatic carbocycles. The third-order valence-electron chi connectivity index (χ3n) is 4.31. The highest BCUT2D eigenvalue weighted by Crippen LogP contribution is 2.24. The maximum atomic E-state index is 12.8. The molecule has 26 heavy (non-hydrogen) atoms. The lowest BCUT2D eigenvalue weighted by atomic mass is 9.92. The molecule has 1 heterocycles. The minimum atomic E-state index is -0.490. The fourth-order valence-electron chi connectivity index (χ4n) is 3.03. The molecular weight excluding hydrogens is 337 g/mol. The van der Waals surface area contributed by atoms with Gasteiger partial charge in [0.25, 0.3) is 5.91 Å². The Bertz CT molecular complexity index is 731. The van der Waals surface area contributed by atoms with Crippen LogP contribution in [-0.2, 0) is 0 Å². The third kappa shape index (κ3) is 4.68. The van der Waals surface area contributed by atoms with E-state index in [2.05, 4.69) is 15.3 Å². The lowest BCUT2D eigenvalue weighted by Gasteiger charge is -2.29. The monoisotopic (exact) mass is 359 g/mol. The molecule has 7 heteroatoms. The van der Waals surface area contributed by atoms with Crippen LogP contribution >= 0.6 is 0 Å². The molecule has 138 valence electrons. The number of amides is 1. The van der Waals surface area contributed by atoms with E-state index in [4.69, 9.17) is 9.47 Å². The molecule has 1 N–H and O–H groups in total. The number of nitrogens with one attached hydrogen (secondary N) is 1. The molecule has 1 aliphatic rings. The molecule has 0 atom stereocenters. The van der Waals surface area contributed by atoms with Gasteiger partial charge in [0.05, 0.1) is 24.6 Å². The Morgan fingerprint density at radius 3 is 2.58 bits per heavy atom. The highest BCUT2D eigenvalue weighted by molar-refractivity contribution is 5.97. The number of halogens is 1. The van der Waals surface area contributed by atoms with Gasteiger partial charge in [0.15, 0.2) is 5.82 Å². The van der Waals surface area contributed by atoms with Crippen molar-refractivity contribution in [3.8, 4) is 11.8 Å². The van der Waals surface area contributed by atoms with Gasteiger partial charge in [0.2, 0.25) is 0 Å². The van der Waals surface area contributed by atoms with E-state index < -0.39 is 5.82 Å². The van der Waals surface area contributed by atoms with Crippen LogP contribution in [0.3, 0.4) is 0 Å². The zero-order valence-corrected chi connectivity index (χ0v) is 14.7. The number of benzene rings is 1. The maximum Gasteiger partial charge on any atom is 0.316 e. The zero-order chi connectivity index (χ0) is 18.4. The van der Waals surface area contributed by atoms with E-state index in [0.717, 1.165) is 38.1 Å². The molecule has 1 saturated carbocycles.